The number of ether oxygens (including phenoxy) is 2. The maximum Gasteiger partial charge on any atom is 0.300 e. The third-order valence-corrected chi connectivity index (χ3v) is 7.40. The van der Waals surface area contributed by atoms with Crippen molar-refractivity contribution < 1.29 is 24.2 Å². The Morgan fingerprint density at radius 3 is 2.03 bits per heavy atom. The molecule has 0 saturated carbocycles. The quantitative estimate of drug-likeness (QED) is 0.197. The van der Waals surface area contributed by atoms with E-state index in [2.05, 4.69) is 34.6 Å². The summed E-state index contributed by atoms with van der Waals surface area (Å²) in [4.78, 5) is 28.6. The predicted molar refractivity (Wildman–Crippen MR) is 155 cm³/mol. The van der Waals surface area contributed by atoms with Crippen molar-refractivity contribution in [2.24, 2.45) is 0 Å². The van der Waals surface area contributed by atoms with Crippen LogP contribution in [0.15, 0.2) is 66.2 Å². The lowest BCUT2D eigenvalue weighted by atomic mass is 9.85. The minimum Gasteiger partial charge on any atom is -0.507 e. The fourth-order valence-electron chi connectivity index (χ4n) is 4.79. The van der Waals surface area contributed by atoms with E-state index in [0.29, 0.717) is 22.9 Å². The Bertz CT molecular complexity index is 1430. The molecule has 1 aliphatic heterocycles. The van der Waals surface area contributed by atoms with Crippen molar-refractivity contribution in [1.82, 2.24) is 0 Å². The van der Waals surface area contributed by atoms with Crippen LogP contribution in [-0.2, 0) is 15.0 Å². The van der Waals surface area contributed by atoms with E-state index in [4.69, 9.17) is 21.1 Å². The van der Waals surface area contributed by atoms with E-state index in [1.165, 1.54) is 31.3 Å². The second-order valence-corrected chi connectivity index (χ2v) is 11.4. The molecule has 0 aliphatic carbocycles. The Morgan fingerprint density at radius 2 is 1.51 bits per heavy atom. The first kappa shape index (κ1) is 28.2. The summed E-state index contributed by atoms with van der Waals surface area (Å²) >= 11 is 6.38. The molecule has 1 atom stereocenters. The van der Waals surface area contributed by atoms with E-state index in [-0.39, 0.29) is 33.1 Å². The van der Waals surface area contributed by atoms with E-state index in [9.17, 15) is 14.7 Å². The molecular formula is C32H34ClNO5. The van der Waals surface area contributed by atoms with Crippen molar-refractivity contribution in [1.29, 1.82) is 0 Å². The zero-order valence-electron chi connectivity index (χ0n) is 23.3. The number of aliphatic hydroxyl groups excluding tert-OH is 1. The fourth-order valence-corrected chi connectivity index (χ4v) is 5.03. The number of halogens is 1. The molecule has 1 aliphatic rings. The van der Waals surface area contributed by atoms with Crippen molar-refractivity contribution in [2.45, 2.75) is 52.0 Å². The maximum atomic E-state index is 13.6. The topological polar surface area (TPSA) is 76.1 Å². The lowest BCUT2D eigenvalue weighted by Gasteiger charge is -2.27. The number of hydrogen-bond acceptors (Lipinski definition) is 5. The van der Waals surface area contributed by atoms with Crippen molar-refractivity contribution in [2.75, 3.05) is 19.1 Å². The zero-order valence-corrected chi connectivity index (χ0v) is 24.1. The van der Waals surface area contributed by atoms with Crippen molar-refractivity contribution >= 4 is 34.7 Å². The van der Waals surface area contributed by atoms with E-state index < -0.39 is 17.7 Å². The van der Waals surface area contributed by atoms with Crippen molar-refractivity contribution in [3.05, 3.63) is 93.5 Å². The van der Waals surface area contributed by atoms with Gasteiger partial charge in [-0.15, -0.1) is 0 Å². The molecule has 204 valence electrons. The Morgan fingerprint density at radius 1 is 0.923 bits per heavy atom. The monoisotopic (exact) mass is 547 g/mol. The van der Waals surface area contributed by atoms with Gasteiger partial charge in [0.15, 0.2) is 0 Å². The standard InChI is InChI=1S/C32H34ClNO5/c1-18(2)19-10-14-22(15-11-19)34-28(20-8-12-21(13-9-20)32(3,4)5)27(30(36)31(34)37)29(35)23-16-24(33)26(39-7)17-25(23)38-6/h8-18,28,35H,1-7H3/b29-27+. The molecule has 4 rings (SSSR count). The molecule has 0 bridgehead atoms. The highest BCUT2D eigenvalue weighted by molar-refractivity contribution is 6.51. The van der Waals surface area contributed by atoms with Gasteiger partial charge in [-0.05, 0) is 46.2 Å². The van der Waals surface area contributed by atoms with E-state index in [1.807, 2.05) is 48.5 Å². The smallest absolute Gasteiger partial charge is 0.300 e. The van der Waals surface area contributed by atoms with Gasteiger partial charge < -0.3 is 14.6 Å². The summed E-state index contributed by atoms with van der Waals surface area (Å²) in [6.07, 6.45) is 0. The zero-order chi connectivity index (χ0) is 28.6. The number of carbonyl (C=O) groups excluding carboxylic acids is 2. The van der Waals surface area contributed by atoms with Gasteiger partial charge in [0.2, 0.25) is 0 Å². The van der Waals surface area contributed by atoms with Crippen LogP contribution in [0.2, 0.25) is 5.02 Å². The first-order valence-electron chi connectivity index (χ1n) is 12.8. The highest BCUT2D eigenvalue weighted by Crippen LogP contribution is 2.45. The fraction of sp³-hybridized carbons (Fsp3) is 0.312. The van der Waals surface area contributed by atoms with Crippen molar-refractivity contribution in [3.63, 3.8) is 0 Å². The van der Waals surface area contributed by atoms with Crippen LogP contribution in [0.3, 0.4) is 0 Å². The summed E-state index contributed by atoms with van der Waals surface area (Å²) in [6.45, 7) is 10.5. The molecule has 3 aromatic rings. The average Bonchev–Trinajstić information content (AvgIpc) is 3.17. The van der Waals surface area contributed by atoms with E-state index >= 15 is 0 Å². The normalized spacial score (nSPS) is 17.2. The van der Waals surface area contributed by atoms with Crippen LogP contribution in [0.1, 0.15) is 68.8 Å². The van der Waals surface area contributed by atoms with Gasteiger partial charge in [-0.25, -0.2) is 0 Å². The van der Waals surface area contributed by atoms with Gasteiger partial charge in [0, 0.05) is 11.8 Å². The Kier molecular flexibility index (Phi) is 7.80. The minimum atomic E-state index is -0.866. The lowest BCUT2D eigenvalue weighted by Crippen LogP contribution is -2.29. The maximum absolute atomic E-state index is 13.6. The number of ketones is 1. The minimum absolute atomic E-state index is 0.0454. The highest BCUT2D eigenvalue weighted by Gasteiger charge is 2.47. The van der Waals surface area contributed by atoms with Crippen LogP contribution in [-0.4, -0.2) is 31.0 Å². The number of amides is 1. The van der Waals surface area contributed by atoms with Crippen molar-refractivity contribution in [3.8, 4) is 11.5 Å². The second kappa shape index (κ2) is 10.8. The molecule has 1 N–H and O–H groups in total. The summed E-state index contributed by atoms with van der Waals surface area (Å²) in [5.41, 5.74) is 3.52. The van der Waals surface area contributed by atoms with Gasteiger partial charge >= 0.3 is 0 Å². The van der Waals surface area contributed by atoms with Crippen LogP contribution in [0.4, 0.5) is 5.69 Å². The summed E-state index contributed by atoms with van der Waals surface area (Å²) in [5, 5.41) is 11.8. The number of carbonyl (C=O) groups is 2. The molecule has 0 aromatic heterocycles. The van der Waals surface area contributed by atoms with Crippen LogP contribution >= 0.6 is 11.6 Å². The number of benzene rings is 3. The van der Waals surface area contributed by atoms with Crippen LogP contribution in [0, 0.1) is 0 Å². The number of Topliss-reactive ketones (excluding diaryl/α,β-unsaturated/α-hetero) is 1. The molecular weight excluding hydrogens is 514 g/mol. The van der Waals surface area contributed by atoms with Gasteiger partial charge in [-0.3, -0.25) is 14.5 Å². The number of aliphatic hydroxyl groups is 1. The van der Waals surface area contributed by atoms with Crippen LogP contribution < -0.4 is 14.4 Å². The molecule has 6 nitrogen and oxygen atoms in total. The number of anilines is 1. The first-order chi connectivity index (χ1) is 18.4. The number of rotatable bonds is 6. The Hall–Kier alpha value is -3.77. The molecule has 3 aromatic carbocycles. The number of nitrogens with zero attached hydrogens (tertiary/aromatic N) is 1. The van der Waals surface area contributed by atoms with E-state index in [0.717, 1.165) is 11.1 Å². The molecule has 1 amide bonds. The Balaban J connectivity index is 1.96. The third-order valence-electron chi connectivity index (χ3n) is 7.10. The lowest BCUT2D eigenvalue weighted by molar-refractivity contribution is -0.132. The van der Waals surface area contributed by atoms with Crippen LogP contribution in [0.25, 0.3) is 5.76 Å². The van der Waals surface area contributed by atoms with Gasteiger partial charge in [0.25, 0.3) is 11.7 Å². The number of hydrogen-bond donors (Lipinski definition) is 1. The molecule has 1 fully saturated rings. The van der Waals surface area contributed by atoms with Gasteiger partial charge in [0.05, 0.1) is 36.4 Å². The predicted octanol–water partition coefficient (Wildman–Crippen LogP) is 7.40. The van der Waals surface area contributed by atoms with Gasteiger partial charge in [0.1, 0.15) is 17.3 Å². The van der Waals surface area contributed by atoms with Gasteiger partial charge in [-0.1, -0.05) is 82.6 Å². The third kappa shape index (κ3) is 5.26. The average molecular weight is 548 g/mol. The first-order valence-corrected chi connectivity index (χ1v) is 13.2. The summed E-state index contributed by atoms with van der Waals surface area (Å²) in [7, 11) is 2.91. The molecule has 0 spiro atoms. The molecule has 1 unspecified atom stereocenters. The molecule has 7 heteroatoms. The summed E-state index contributed by atoms with van der Waals surface area (Å²) in [5.74, 6) is -0.978. The molecule has 0 radical (unpaired) electrons. The Labute approximate surface area is 234 Å². The summed E-state index contributed by atoms with van der Waals surface area (Å²) in [6, 6.07) is 17.5. The molecule has 1 heterocycles. The van der Waals surface area contributed by atoms with Crippen LogP contribution in [0.5, 0.6) is 11.5 Å². The summed E-state index contributed by atoms with van der Waals surface area (Å²) < 4.78 is 10.8. The molecule has 39 heavy (non-hydrogen) atoms. The SMILES string of the molecule is COc1cc(OC)c(/C(O)=C2\C(=O)C(=O)N(c3ccc(C(C)C)cc3)C2c2ccc(C(C)(C)C)cc2)cc1Cl. The van der Waals surface area contributed by atoms with E-state index in [1.54, 1.807) is 0 Å². The highest BCUT2D eigenvalue weighted by atomic mass is 35.5. The molecule has 1 saturated heterocycles. The largest absolute Gasteiger partial charge is 0.507 e. The number of methoxy groups -OCH3 is 2. The second-order valence-electron chi connectivity index (χ2n) is 11.0. The van der Waals surface area contributed by atoms with Gasteiger partial charge in [-0.2, -0.15) is 0 Å².